The summed E-state index contributed by atoms with van der Waals surface area (Å²) in [5.41, 5.74) is 4.31. The van der Waals surface area contributed by atoms with Crippen LogP contribution in [0.1, 0.15) is 6.92 Å². The van der Waals surface area contributed by atoms with Gasteiger partial charge >= 0.3 is 6.03 Å². The van der Waals surface area contributed by atoms with Gasteiger partial charge in [0.2, 0.25) is 5.88 Å². The highest BCUT2D eigenvalue weighted by Crippen LogP contribution is 2.21. The van der Waals surface area contributed by atoms with Gasteiger partial charge in [0, 0.05) is 23.9 Å². The number of nitrogens with zero attached hydrogens (tertiary/aromatic N) is 5. The molecule has 15 heteroatoms. The van der Waals surface area contributed by atoms with Crippen molar-refractivity contribution in [3.63, 3.8) is 0 Å². The zero-order chi connectivity index (χ0) is 19.9. The Hall–Kier alpha value is -1.87. The molecule has 12 nitrogen and oxygen atoms in total. The van der Waals surface area contributed by atoms with Gasteiger partial charge in [-0.2, -0.15) is 0 Å². The Morgan fingerprint density at radius 1 is 1.63 bits per heavy atom. The van der Waals surface area contributed by atoms with Crippen LogP contribution in [-0.4, -0.2) is 61.3 Å². The number of methoxy groups -OCH3 is 1. The number of nitrogens with one attached hydrogen (secondary N) is 2. The molecule has 0 saturated carbocycles. The summed E-state index contributed by atoms with van der Waals surface area (Å²) in [5, 5.41) is 11.5. The van der Waals surface area contributed by atoms with Crippen LogP contribution < -0.4 is 10.7 Å². The topological polar surface area (TPSA) is 137 Å². The number of sulfonamides is 1. The van der Waals surface area contributed by atoms with Crippen molar-refractivity contribution in [2.75, 3.05) is 26.0 Å². The second-order valence-corrected chi connectivity index (χ2v) is 8.35. The lowest BCUT2D eigenvalue weighted by Crippen LogP contribution is -2.51. The van der Waals surface area contributed by atoms with Crippen molar-refractivity contribution < 1.29 is 22.8 Å². The molecule has 2 aliphatic heterocycles. The molecule has 0 aromatic rings. The molecule has 27 heavy (non-hydrogen) atoms. The normalized spacial score (nSPS) is 20.6. The predicted octanol–water partition coefficient (Wildman–Crippen LogP) is 1.09. The first-order chi connectivity index (χ1) is 12.9. The van der Waals surface area contributed by atoms with Crippen LogP contribution in [0.2, 0.25) is 0 Å². The SMILES string of the molecule is COC1=CC(C)=NN(N(OCC=CCl)C(=O)N=NS(=O)(=O)C2NCCS2)N1. The number of hydrazone groups is 1. The number of hydrogen-bond acceptors (Lipinski definition) is 10. The summed E-state index contributed by atoms with van der Waals surface area (Å²) in [6, 6.07) is -1.13. The fourth-order valence-corrected chi connectivity index (χ4v) is 4.27. The van der Waals surface area contributed by atoms with E-state index in [4.69, 9.17) is 21.2 Å². The Kier molecular flexibility index (Phi) is 7.85. The van der Waals surface area contributed by atoms with Crippen LogP contribution in [0, 0.1) is 0 Å². The summed E-state index contributed by atoms with van der Waals surface area (Å²) >= 11 is 6.59. The average molecular weight is 440 g/mol. The summed E-state index contributed by atoms with van der Waals surface area (Å²) in [6.07, 6.45) is 2.98. The zero-order valence-corrected chi connectivity index (χ0v) is 16.8. The Morgan fingerprint density at radius 2 is 2.41 bits per heavy atom. The van der Waals surface area contributed by atoms with Gasteiger partial charge < -0.3 is 4.74 Å². The number of hydrogen-bond donors (Lipinski definition) is 2. The van der Waals surface area contributed by atoms with Gasteiger partial charge in [-0.05, 0) is 13.0 Å². The van der Waals surface area contributed by atoms with Gasteiger partial charge in [0.05, 0.1) is 19.4 Å². The molecule has 0 spiro atoms. The molecule has 0 aliphatic carbocycles. The molecule has 0 aromatic heterocycles. The number of hydrazine groups is 2. The zero-order valence-electron chi connectivity index (χ0n) is 14.4. The van der Waals surface area contributed by atoms with Crippen LogP contribution in [0.3, 0.4) is 0 Å². The molecule has 2 aliphatic rings. The van der Waals surface area contributed by atoms with Crippen LogP contribution in [0.25, 0.3) is 0 Å². The summed E-state index contributed by atoms with van der Waals surface area (Å²) < 4.78 is 31.5. The van der Waals surface area contributed by atoms with E-state index in [0.29, 0.717) is 23.2 Å². The van der Waals surface area contributed by atoms with E-state index in [9.17, 15) is 13.2 Å². The van der Waals surface area contributed by atoms with Gasteiger partial charge in [0.1, 0.15) is 0 Å². The molecule has 1 saturated heterocycles. The van der Waals surface area contributed by atoms with Gasteiger partial charge in [-0.25, -0.2) is 23.5 Å². The maximum atomic E-state index is 12.4. The van der Waals surface area contributed by atoms with Crippen molar-refractivity contribution in [3.8, 4) is 0 Å². The lowest BCUT2D eigenvalue weighted by molar-refractivity contribution is -0.255. The quantitative estimate of drug-likeness (QED) is 0.441. The summed E-state index contributed by atoms with van der Waals surface area (Å²) in [7, 11) is -2.60. The summed E-state index contributed by atoms with van der Waals surface area (Å²) in [6.45, 7) is 2.06. The smallest absolute Gasteiger partial charge is 0.409 e. The van der Waals surface area contributed by atoms with E-state index >= 15 is 0 Å². The van der Waals surface area contributed by atoms with Crippen molar-refractivity contribution in [2.45, 2.75) is 11.6 Å². The summed E-state index contributed by atoms with van der Waals surface area (Å²) in [4.78, 5) is 17.6. The molecule has 1 fully saturated rings. The molecular formula is C12H18ClN7O5S2. The monoisotopic (exact) mass is 439 g/mol. The van der Waals surface area contributed by atoms with Crippen molar-refractivity contribution in [3.05, 3.63) is 23.6 Å². The fourth-order valence-electron chi connectivity index (χ4n) is 1.82. The predicted molar refractivity (Wildman–Crippen MR) is 99.4 cm³/mol. The third-order valence-electron chi connectivity index (χ3n) is 2.93. The van der Waals surface area contributed by atoms with Crippen molar-refractivity contribution in [2.24, 2.45) is 14.7 Å². The standard InChI is InChI=1S/C12H18ClN7O5S2/c1-9-8-10(24-2)17-20(16-9)19(25-6-3-4-13)11(21)15-18-27(22,23)12-14-5-7-26-12/h3-4,8,12,14,17H,5-7H2,1-2H3. The number of halogens is 1. The highest BCUT2D eigenvalue weighted by Gasteiger charge is 2.31. The molecular weight excluding hydrogens is 422 g/mol. The van der Waals surface area contributed by atoms with E-state index in [1.165, 1.54) is 18.7 Å². The van der Waals surface area contributed by atoms with Gasteiger partial charge in [-0.1, -0.05) is 31.6 Å². The number of rotatable bonds is 7. The largest absolute Gasteiger partial charge is 0.481 e. The maximum absolute atomic E-state index is 12.4. The lowest BCUT2D eigenvalue weighted by Gasteiger charge is -2.31. The number of amides is 2. The number of urea groups is 1. The third kappa shape index (κ3) is 6.07. The van der Waals surface area contributed by atoms with Crippen LogP contribution in [0.4, 0.5) is 4.79 Å². The van der Waals surface area contributed by atoms with E-state index in [1.807, 2.05) is 0 Å². The van der Waals surface area contributed by atoms with Gasteiger partial charge in [-0.3, -0.25) is 5.32 Å². The Morgan fingerprint density at radius 3 is 3.04 bits per heavy atom. The molecule has 2 amide bonds. The Labute approximate surface area is 165 Å². The van der Waals surface area contributed by atoms with E-state index in [2.05, 4.69) is 25.5 Å². The highest BCUT2D eigenvalue weighted by atomic mass is 35.5. The molecule has 2 N–H and O–H groups in total. The Bertz CT molecular complexity index is 764. The van der Waals surface area contributed by atoms with Crippen molar-refractivity contribution >= 4 is 45.1 Å². The molecule has 150 valence electrons. The third-order valence-corrected chi connectivity index (χ3v) is 6.18. The molecule has 2 rings (SSSR count). The minimum atomic E-state index is -4.01. The second-order valence-electron chi connectivity index (χ2n) is 4.92. The fraction of sp³-hybridized carbons (Fsp3) is 0.500. The number of carbonyl (C=O) groups is 1. The molecule has 1 unspecified atom stereocenters. The second kappa shape index (κ2) is 9.89. The maximum Gasteiger partial charge on any atom is 0.409 e. The van der Waals surface area contributed by atoms with Gasteiger partial charge in [-0.15, -0.1) is 16.9 Å². The van der Waals surface area contributed by atoms with Gasteiger partial charge in [0.25, 0.3) is 10.0 Å². The van der Waals surface area contributed by atoms with Crippen LogP contribution >= 0.6 is 23.4 Å². The van der Waals surface area contributed by atoms with E-state index in [0.717, 1.165) is 17.0 Å². The molecule has 0 bridgehead atoms. The van der Waals surface area contributed by atoms with Crippen LogP contribution in [0.5, 0.6) is 0 Å². The first-order valence-corrected chi connectivity index (χ1v) is 10.5. The summed E-state index contributed by atoms with van der Waals surface area (Å²) in [5.74, 6) is 0.887. The van der Waals surface area contributed by atoms with Crippen molar-refractivity contribution in [1.82, 2.24) is 21.1 Å². The highest BCUT2D eigenvalue weighted by molar-refractivity contribution is 8.13. The number of allylic oxidation sites excluding steroid dienone is 1. The minimum absolute atomic E-state index is 0.115. The molecule has 0 aromatic carbocycles. The van der Waals surface area contributed by atoms with Crippen molar-refractivity contribution in [1.29, 1.82) is 0 Å². The number of thioether (sulfide) groups is 1. The van der Waals surface area contributed by atoms with E-state index in [1.54, 1.807) is 13.0 Å². The minimum Gasteiger partial charge on any atom is -0.481 e. The van der Waals surface area contributed by atoms with Gasteiger partial charge in [0.15, 0.2) is 4.71 Å². The van der Waals surface area contributed by atoms with Crippen LogP contribution in [-0.2, 0) is 19.6 Å². The first-order valence-electron chi connectivity index (χ1n) is 7.49. The average Bonchev–Trinajstić information content (AvgIpc) is 3.18. The van der Waals surface area contributed by atoms with Crippen LogP contribution in [0.15, 0.2) is 38.3 Å². The first kappa shape index (κ1) is 21.4. The molecule has 0 radical (unpaired) electrons. The number of ether oxygens (including phenoxy) is 1. The number of carbonyl (C=O) groups excluding carboxylic acids is 1. The number of hydroxylamine groups is 1. The van der Waals surface area contributed by atoms with E-state index < -0.39 is 20.8 Å². The molecule has 2 heterocycles. The Balaban J connectivity index is 2.16. The van der Waals surface area contributed by atoms with E-state index in [-0.39, 0.29) is 12.5 Å². The lowest BCUT2D eigenvalue weighted by atomic mass is 10.4. The molecule has 1 atom stereocenters.